The molecule has 0 radical (unpaired) electrons. The Balaban J connectivity index is 2.20. The highest BCUT2D eigenvalue weighted by molar-refractivity contribution is 9.10. The van der Waals surface area contributed by atoms with Crippen LogP contribution in [0.15, 0.2) is 28.7 Å². The fourth-order valence-electron chi connectivity index (χ4n) is 2.08. The summed E-state index contributed by atoms with van der Waals surface area (Å²) in [7, 11) is 0. The highest BCUT2D eigenvalue weighted by atomic mass is 79.9. The zero-order chi connectivity index (χ0) is 18.6. The average molecular weight is 452 g/mol. The Bertz CT molecular complexity index is 775. The molecule has 0 saturated carbocycles. The number of hydrogen-bond donors (Lipinski definition) is 1. The van der Waals surface area contributed by atoms with Crippen molar-refractivity contribution in [3.63, 3.8) is 0 Å². The van der Waals surface area contributed by atoms with Gasteiger partial charge in [-0.1, -0.05) is 29.3 Å². The van der Waals surface area contributed by atoms with Crippen molar-refractivity contribution >= 4 is 45.1 Å². The quantitative estimate of drug-likeness (QED) is 0.618. The molecule has 0 heterocycles. The van der Waals surface area contributed by atoms with E-state index in [4.69, 9.17) is 32.7 Å². The largest absolute Gasteiger partial charge is 0.507 e. The lowest BCUT2D eigenvalue weighted by Crippen LogP contribution is -2.14. The van der Waals surface area contributed by atoms with Crippen LogP contribution in [0.2, 0.25) is 10.0 Å². The molecule has 8 heteroatoms. The second kappa shape index (κ2) is 8.74. The van der Waals surface area contributed by atoms with Crippen molar-refractivity contribution in [3.05, 3.63) is 55.7 Å². The van der Waals surface area contributed by atoms with Gasteiger partial charge in [-0.25, -0.2) is 9.18 Å². The van der Waals surface area contributed by atoms with E-state index in [1.165, 1.54) is 24.3 Å². The summed E-state index contributed by atoms with van der Waals surface area (Å²) in [5.74, 6) is -0.982. The number of phenols is 1. The van der Waals surface area contributed by atoms with Crippen LogP contribution in [0.5, 0.6) is 11.5 Å². The highest BCUT2D eigenvalue weighted by Crippen LogP contribution is 2.35. The van der Waals surface area contributed by atoms with Crippen LogP contribution in [0.3, 0.4) is 0 Å². The number of ether oxygens (including phenoxy) is 2. The molecule has 0 amide bonds. The van der Waals surface area contributed by atoms with Gasteiger partial charge in [0.25, 0.3) is 0 Å². The number of carbonyl (C=O) groups excluding carboxylic acids is 1. The van der Waals surface area contributed by atoms with E-state index in [0.717, 1.165) is 0 Å². The molecule has 0 aliphatic carbocycles. The van der Waals surface area contributed by atoms with E-state index >= 15 is 0 Å². The minimum atomic E-state index is -0.588. The van der Waals surface area contributed by atoms with Gasteiger partial charge < -0.3 is 14.6 Å². The van der Waals surface area contributed by atoms with Crippen LogP contribution in [0.1, 0.15) is 18.1 Å². The van der Waals surface area contributed by atoms with E-state index in [2.05, 4.69) is 15.9 Å². The molecule has 0 aromatic heterocycles. The third kappa shape index (κ3) is 5.00. The van der Waals surface area contributed by atoms with Crippen LogP contribution in [-0.2, 0) is 16.0 Å². The third-order valence-corrected chi connectivity index (χ3v) is 4.71. The summed E-state index contributed by atoms with van der Waals surface area (Å²) in [5, 5.41) is 10.0. The first-order chi connectivity index (χ1) is 11.8. The lowest BCUT2D eigenvalue weighted by Gasteiger charge is -2.12. The predicted molar refractivity (Wildman–Crippen MR) is 97.2 cm³/mol. The van der Waals surface area contributed by atoms with Crippen molar-refractivity contribution in [1.29, 1.82) is 0 Å². The summed E-state index contributed by atoms with van der Waals surface area (Å²) in [6.45, 7) is 1.69. The number of rotatable bonds is 6. The molecular weight excluding hydrogens is 438 g/mol. The number of benzene rings is 2. The minimum Gasteiger partial charge on any atom is -0.507 e. The van der Waals surface area contributed by atoms with Gasteiger partial charge in [-0.2, -0.15) is 0 Å². The van der Waals surface area contributed by atoms with Crippen LogP contribution < -0.4 is 4.74 Å². The predicted octanol–water partition coefficient (Wildman–Crippen LogP) is 5.13. The monoisotopic (exact) mass is 450 g/mol. The third-order valence-electron chi connectivity index (χ3n) is 3.29. The molecule has 4 nitrogen and oxygen atoms in total. The molecule has 0 aliphatic rings. The van der Waals surface area contributed by atoms with Crippen LogP contribution in [-0.4, -0.2) is 24.3 Å². The number of halogens is 4. The number of phenolic OH excluding ortho intramolecular Hbond substituents is 1. The maximum atomic E-state index is 14.2. The molecule has 2 rings (SSSR count). The molecule has 0 bridgehead atoms. The van der Waals surface area contributed by atoms with Gasteiger partial charge in [0.05, 0.1) is 11.1 Å². The first kappa shape index (κ1) is 19.8. The maximum absolute atomic E-state index is 14.2. The zero-order valence-electron chi connectivity index (χ0n) is 13.1. The molecule has 25 heavy (non-hydrogen) atoms. The van der Waals surface area contributed by atoms with Gasteiger partial charge in [-0.3, -0.25) is 0 Å². The lowest BCUT2D eigenvalue weighted by atomic mass is 10.0. The van der Waals surface area contributed by atoms with Gasteiger partial charge in [0.1, 0.15) is 17.3 Å². The van der Waals surface area contributed by atoms with Crippen molar-refractivity contribution in [3.8, 4) is 11.5 Å². The highest BCUT2D eigenvalue weighted by Gasteiger charge is 2.16. The molecule has 1 N–H and O–H groups in total. The molecule has 134 valence electrons. The Kier molecular flexibility index (Phi) is 6.93. The first-order valence-electron chi connectivity index (χ1n) is 7.25. The average Bonchev–Trinajstić information content (AvgIpc) is 2.56. The van der Waals surface area contributed by atoms with E-state index in [0.29, 0.717) is 16.9 Å². The van der Waals surface area contributed by atoms with Gasteiger partial charge in [-0.05, 0) is 52.2 Å². The molecule has 0 fully saturated rings. The van der Waals surface area contributed by atoms with Gasteiger partial charge in [0.15, 0.2) is 6.61 Å². The molecular formula is C17H14BrCl2FO4. The summed E-state index contributed by atoms with van der Waals surface area (Å²) in [5.41, 5.74) is 0.817. The van der Waals surface area contributed by atoms with E-state index in [-0.39, 0.29) is 39.9 Å². The van der Waals surface area contributed by atoms with Gasteiger partial charge >= 0.3 is 5.97 Å². The van der Waals surface area contributed by atoms with Crippen molar-refractivity contribution < 1.29 is 23.8 Å². The van der Waals surface area contributed by atoms with Crippen LogP contribution in [0, 0.1) is 5.82 Å². The fraction of sp³-hybridized carbons (Fsp3) is 0.235. The number of aromatic hydroxyl groups is 1. The molecule has 0 spiro atoms. The Morgan fingerprint density at radius 3 is 2.52 bits per heavy atom. The summed E-state index contributed by atoms with van der Waals surface area (Å²) >= 11 is 15.4. The zero-order valence-corrected chi connectivity index (χ0v) is 16.2. The SMILES string of the molecule is CCOC(=O)COc1cc(Cl)c(Cc2ccc(O)c(Br)c2F)c(Cl)c1. The molecule has 0 aliphatic heterocycles. The molecule has 2 aromatic carbocycles. The Morgan fingerprint density at radius 2 is 1.92 bits per heavy atom. The van der Waals surface area contributed by atoms with Gasteiger partial charge in [0, 0.05) is 16.5 Å². The minimum absolute atomic E-state index is 0.0216. The van der Waals surface area contributed by atoms with Crippen LogP contribution in [0.4, 0.5) is 4.39 Å². The number of carbonyl (C=O) groups is 1. The van der Waals surface area contributed by atoms with E-state index < -0.39 is 11.8 Å². The molecule has 0 unspecified atom stereocenters. The van der Waals surface area contributed by atoms with Crippen LogP contribution >= 0.6 is 39.1 Å². The smallest absolute Gasteiger partial charge is 0.344 e. The first-order valence-corrected chi connectivity index (χ1v) is 8.80. The Labute approximate surface area is 162 Å². The fourth-order valence-corrected chi connectivity index (χ4v) is 3.07. The van der Waals surface area contributed by atoms with Crippen molar-refractivity contribution in [2.24, 2.45) is 0 Å². The number of hydrogen-bond acceptors (Lipinski definition) is 4. The topological polar surface area (TPSA) is 55.8 Å². The Morgan fingerprint density at radius 1 is 1.28 bits per heavy atom. The maximum Gasteiger partial charge on any atom is 0.344 e. The van der Waals surface area contributed by atoms with Crippen molar-refractivity contribution in [2.75, 3.05) is 13.2 Å². The van der Waals surface area contributed by atoms with Crippen LogP contribution in [0.25, 0.3) is 0 Å². The van der Waals surface area contributed by atoms with Gasteiger partial charge in [0.2, 0.25) is 0 Å². The van der Waals surface area contributed by atoms with Crippen molar-refractivity contribution in [1.82, 2.24) is 0 Å². The second-order valence-electron chi connectivity index (χ2n) is 5.01. The normalized spacial score (nSPS) is 10.6. The lowest BCUT2D eigenvalue weighted by molar-refractivity contribution is -0.145. The summed E-state index contributed by atoms with van der Waals surface area (Å²) in [4.78, 5) is 11.3. The second-order valence-corrected chi connectivity index (χ2v) is 6.62. The van der Waals surface area contributed by atoms with E-state index in [1.807, 2.05) is 0 Å². The summed E-state index contributed by atoms with van der Waals surface area (Å²) in [6, 6.07) is 5.82. The number of esters is 1. The van der Waals surface area contributed by atoms with E-state index in [9.17, 15) is 14.3 Å². The summed E-state index contributed by atoms with van der Waals surface area (Å²) in [6.07, 6.45) is 0.126. The molecule has 0 atom stereocenters. The summed E-state index contributed by atoms with van der Waals surface area (Å²) < 4.78 is 24.2. The Hall–Kier alpha value is -1.50. The molecule has 2 aromatic rings. The van der Waals surface area contributed by atoms with Crippen molar-refractivity contribution in [2.45, 2.75) is 13.3 Å². The van der Waals surface area contributed by atoms with E-state index in [1.54, 1.807) is 6.92 Å². The standard InChI is InChI=1S/C17H14BrCl2FO4/c1-2-24-15(23)8-25-10-6-12(19)11(13(20)7-10)5-9-3-4-14(22)16(18)17(9)21/h3-4,6-7,22H,2,5,8H2,1H3. The molecule has 0 saturated heterocycles. The van der Waals surface area contributed by atoms with Gasteiger partial charge in [-0.15, -0.1) is 0 Å².